The van der Waals surface area contributed by atoms with Crippen LogP contribution < -0.4 is 4.90 Å². The van der Waals surface area contributed by atoms with E-state index in [4.69, 9.17) is 0 Å². The van der Waals surface area contributed by atoms with Gasteiger partial charge in [0.05, 0.1) is 0 Å². The van der Waals surface area contributed by atoms with Gasteiger partial charge >= 0.3 is 0 Å². The molecule has 0 spiro atoms. The van der Waals surface area contributed by atoms with Gasteiger partial charge in [0.2, 0.25) is 0 Å². The number of phenolic OH excluding ortho intramolecular Hbond substituents is 1. The van der Waals surface area contributed by atoms with Crippen LogP contribution in [0, 0.1) is 0 Å². The van der Waals surface area contributed by atoms with Crippen LogP contribution in [0.3, 0.4) is 0 Å². The molecule has 0 atom stereocenters. The number of hydrogen-bond donors (Lipinski definition) is 1. The maximum Gasteiger partial charge on any atom is 0.116 e. The van der Waals surface area contributed by atoms with Gasteiger partial charge in [-0.3, -0.25) is 0 Å². The van der Waals surface area contributed by atoms with Gasteiger partial charge in [-0.25, -0.2) is 0 Å². The molecule has 0 heterocycles. The molecule has 1 N–H and O–H groups in total. The normalized spacial score (nSPS) is 10.8. The zero-order chi connectivity index (χ0) is 13.0. The third kappa shape index (κ3) is 3.14. The Labute approximate surface area is 108 Å². The van der Waals surface area contributed by atoms with Crippen molar-refractivity contribution in [2.75, 3.05) is 19.0 Å². The third-order valence-corrected chi connectivity index (χ3v) is 2.73. The predicted octanol–water partition coefficient (Wildman–Crippen LogP) is 3.63. The van der Waals surface area contributed by atoms with Gasteiger partial charge in [-0.15, -0.1) is 0 Å². The van der Waals surface area contributed by atoms with E-state index in [1.165, 1.54) is 5.69 Å². The number of nitrogens with zero attached hydrogens (tertiary/aromatic N) is 1. The summed E-state index contributed by atoms with van der Waals surface area (Å²) in [5.41, 5.74) is 3.31. The maximum atomic E-state index is 9.39. The van der Waals surface area contributed by atoms with Crippen molar-refractivity contribution in [3.63, 3.8) is 0 Å². The first-order valence-corrected chi connectivity index (χ1v) is 5.90. The van der Waals surface area contributed by atoms with Crippen molar-refractivity contribution < 1.29 is 5.11 Å². The van der Waals surface area contributed by atoms with Crippen molar-refractivity contribution in [3.8, 4) is 5.75 Å². The zero-order valence-corrected chi connectivity index (χ0v) is 10.7. The molecular formula is C16H17NO. The highest BCUT2D eigenvalue weighted by Crippen LogP contribution is 2.17. The lowest BCUT2D eigenvalue weighted by Gasteiger charge is -2.12. The van der Waals surface area contributed by atoms with Crippen LogP contribution in [0.5, 0.6) is 5.75 Å². The minimum absolute atomic E-state index is 0.291. The summed E-state index contributed by atoms with van der Waals surface area (Å²) in [6, 6.07) is 15.5. The van der Waals surface area contributed by atoms with E-state index in [-0.39, 0.29) is 0 Å². The second kappa shape index (κ2) is 5.41. The molecule has 0 saturated heterocycles. The Balaban J connectivity index is 2.21. The molecule has 92 valence electrons. The van der Waals surface area contributed by atoms with E-state index in [0.717, 1.165) is 11.1 Å². The largest absolute Gasteiger partial charge is 0.508 e. The minimum atomic E-state index is 0.291. The van der Waals surface area contributed by atoms with Crippen LogP contribution in [0.4, 0.5) is 5.69 Å². The molecule has 18 heavy (non-hydrogen) atoms. The number of hydrogen-bond acceptors (Lipinski definition) is 2. The molecule has 0 aromatic heterocycles. The SMILES string of the molecule is CN(C)c1cccc(/C=C/c2cccc(O)c2)c1. The Hall–Kier alpha value is -2.22. The smallest absolute Gasteiger partial charge is 0.116 e. The van der Waals surface area contributed by atoms with Gasteiger partial charge in [-0.2, -0.15) is 0 Å². The second-order valence-electron chi connectivity index (χ2n) is 4.42. The van der Waals surface area contributed by atoms with Crippen LogP contribution in [0.25, 0.3) is 12.2 Å². The summed E-state index contributed by atoms with van der Waals surface area (Å²) in [5, 5.41) is 9.39. The van der Waals surface area contributed by atoms with E-state index >= 15 is 0 Å². The van der Waals surface area contributed by atoms with Gasteiger partial charge in [0.15, 0.2) is 0 Å². The molecule has 2 aromatic rings. The molecule has 0 aliphatic carbocycles. The molecule has 0 fully saturated rings. The Morgan fingerprint density at radius 2 is 1.50 bits per heavy atom. The standard InChI is InChI=1S/C16H17NO/c1-17(2)15-7-3-5-13(11-15)9-10-14-6-4-8-16(18)12-14/h3-12,18H,1-2H3/b10-9+. The van der Waals surface area contributed by atoms with E-state index in [1.807, 2.05) is 44.4 Å². The maximum absolute atomic E-state index is 9.39. The van der Waals surface area contributed by atoms with Crippen molar-refractivity contribution in [1.82, 2.24) is 0 Å². The summed E-state index contributed by atoms with van der Waals surface area (Å²) in [4.78, 5) is 2.08. The molecule has 0 radical (unpaired) electrons. The molecule has 0 aliphatic rings. The van der Waals surface area contributed by atoms with Gasteiger partial charge < -0.3 is 10.0 Å². The molecule has 0 unspecified atom stereocenters. The molecule has 2 rings (SSSR count). The molecule has 0 amide bonds. The average Bonchev–Trinajstić information content (AvgIpc) is 2.37. The van der Waals surface area contributed by atoms with Crippen LogP contribution in [-0.4, -0.2) is 19.2 Å². The van der Waals surface area contributed by atoms with E-state index in [1.54, 1.807) is 12.1 Å². The van der Waals surface area contributed by atoms with Gasteiger partial charge in [0.1, 0.15) is 5.75 Å². The molecular weight excluding hydrogens is 222 g/mol. The van der Waals surface area contributed by atoms with Crippen LogP contribution in [0.2, 0.25) is 0 Å². The summed E-state index contributed by atoms with van der Waals surface area (Å²) in [7, 11) is 4.05. The van der Waals surface area contributed by atoms with E-state index < -0.39 is 0 Å². The second-order valence-corrected chi connectivity index (χ2v) is 4.42. The summed E-state index contributed by atoms with van der Waals surface area (Å²) in [5.74, 6) is 0.291. The number of phenols is 1. The lowest BCUT2D eigenvalue weighted by Crippen LogP contribution is -2.08. The fourth-order valence-corrected chi connectivity index (χ4v) is 1.73. The summed E-state index contributed by atoms with van der Waals surface area (Å²) in [6.45, 7) is 0. The van der Waals surface area contributed by atoms with E-state index in [2.05, 4.69) is 23.1 Å². The van der Waals surface area contributed by atoms with Crippen LogP contribution in [0.15, 0.2) is 48.5 Å². The van der Waals surface area contributed by atoms with Crippen molar-refractivity contribution in [2.24, 2.45) is 0 Å². The van der Waals surface area contributed by atoms with Gasteiger partial charge in [-0.1, -0.05) is 36.4 Å². The molecule has 2 heteroatoms. The third-order valence-electron chi connectivity index (χ3n) is 2.73. The quantitative estimate of drug-likeness (QED) is 0.827. The van der Waals surface area contributed by atoms with Crippen molar-refractivity contribution in [3.05, 3.63) is 59.7 Å². The Morgan fingerprint density at radius 1 is 0.889 bits per heavy atom. The molecule has 2 nitrogen and oxygen atoms in total. The van der Waals surface area contributed by atoms with Gasteiger partial charge in [0.25, 0.3) is 0 Å². The molecule has 0 aliphatic heterocycles. The first-order valence-electron chi connectivity index (χ1n) is 5.90. The number of aromatic hydroxyl groups is 1. The number of benzene rings is 2. The van der Waals surface area contributed by atoms with Gasteiger partial charge in [-0.05, 0) is 35.4 Å². The summed E-state index contributed by atoms with van der Waals surface area (Å²) >= 11 is 0. The summed E-state index contributed by atoms with van der Waals surface area (Å²) < 4.78 is 0. The predicted molar refractivity (Wildman–Crippen MR) is 77.8 cm³/mol. The highest BCUT2D eigenvalue weighted by atomic mass is 16.3. The first kappa shape index (κ1) is 12.2. The Morgan fingerprint density at radius 3 is 2.11 bits per heavy atom. The molecule has 0 saturated carbocycles. The van der Waals surface area contributed by atoms with Crippen LogP contribution in [0.1, 0.15) is 11.1 Å². The van der Waals surface area contributed by atoms with Gasteiger partial charge in [0, 0.05) is 19.8 Å². The number of rotatable bonds is 3. The van der Waals surface area contributed by atoms with Crippen LogP contribution >= 0.6 is 0 Å². The fraction of sp³-hybridized carbons (Fsp3) is 0.125. The minimum Gasteiger partial charge on any atom is -0.508 e. The monoisotopic (exact) mass is 239 g/mol. The Kier molecular flexibility index (Phi) is 3.68. The number of anilines is 1. The highest BCUT2D eigenvalue weighted by molar-refractivity contribution is 5.71. The Bertz CT molecular complexity index is 559. The average molecular weight is 239 g/mol. The van der Waals surface area contributed by atoms with E-state index in [0.29, 0.717) is 5.75 Å². The first-order chi connectivity index (χ1) is 8.65. The molecule has 2 aromatic carbocycles. The van der Waals surface area contributed by atoms with Crippen LogP contribution in [-0.2, 0) is 0 Å². The fourth-order valence-electron chi connectivity index (χ4n) is 1.73. The molecule has 0 bridgehead atoms. The lowest BCUT2D eigenvalue weighted by molar-refractivity contribution is 0.475. The van der Waals surface area contributed by atoms with Crippen molar-refractivity contribution in [2.45, 2.75) is 0 Å². The topological polar surface area (TPSA) is 23.5 Å². The van der Waals surface area contributed by atoms with E-state index in [9.17, 15) is 5.11 Å². The lowest BCUT2D eigenvalue weighted by atomic mass is 10.1. The van der Waals surface area contributed by atoms with Crippen molar-refractivity contribution >= 4 is 17.8 Å². The highest BCUT2D eigenvalue weighted by Gasteiger charge is 1.95. The summed E-state index contributed by atoms with van der Waals surface area (Å²) in [6.07, 6.45) is 4.04. The zero-order valence-electron chi connectivity index (χ0n) is 10.7. The van der Waals surface area contributed by atoms with Crippen molar-refractivity contribution in [1.29, 1.82) is 0 Å².